The van der Waals surface area contributed by atoms with Crippen LogP contribution in [0.3, 0.4) is 0 Å². The average molecular weight is 244 g/mol. The van der Waals surface area contributed by atoms with Gasteiger partial charge in [-0.2, -0.15) is 0 Å². The van der Waals surface area contributed by atoms with Crippen molar-refractivity contribution in [3.63, 3.8) is 0 Å². The van der Waals surface area contributed by atoms with Gasteiger partial charge < -0.3 is 0 Å². The van der Waals surface area contributed by atoms with Crippen LogP contribution >= 0.6 is 7.92 Å². The summed E-state index contributed by atoms with van der Waals surface area (Å²) in [6.07, 6.45) is 11.7. The number of rotatable bonds is 10. The molecule has 0 atom stereocenters. The van der Waals surface area contributed by atoms with Gasteiger partial charge in [-0.05, 0) is 23.9 Å². The van der Waals surface area contributed by atoms with Crippen molar-refractivity contribution >= 4 is 7.92 Å². The Balaban J connectivity index is 3.41. The lowest BCUT2D eigenvalue weighted by Crippen LogP contribution is -2.06. The molecule has 0 saturated carbocycles. The van der Waals surface area contributed by atoms with Crippen molar-refractivity contribution in [2.75, 3.05) is 6.16 Å². The van der Waals surface area contributed by atoms with Crippen LogP contribution in [0.5, 0.6) is 0 Å². The smallest absolute Gasteiger partial charge is 0.0264 e. The van der Waals surface area contributed by atoms with Gasteiger partial charge in [-0.15, -0.1) is 7.92 Å². The fraction of sp³-hybridized carbons (Fsp3) is 1.00. The highest BCUT2D eigenvalue weighted by Gasteiger charge is 2.15. The van der Waals surface area contributed by atoms with Crippen molar-refractivity contribution in [2.45, 2.75) is 90.9 Å². The summed E-state index contributed by atoms with van der Waals surface area (Å²) < 4.78 is 0. The fourth-order valence-electron chi connectivity index (χ4n) is 2.36. The third-order valence-corrected chi connectivity index (χ3v) is 6.83. The molecule has 0 radical (unpaired) electrons. The molecule has 0 aliphatic rings. The predicted molar refractivity (Wildman–Crippen MR) is 80.1 cm³/mol. The standard InChI is InChI=1S/C15H33P/c1-6-7-8-9-10-11-12-13-16(14(2)3)15(4)5/h14-15H,6-13H2,1-5H3. The zero-order valence-corrected chi connectivity index (χ0v) is 13.2. The molecular formula is C15H33P. The van der Waals surface area contributed by atoms with E-state index in [0.29, 0.717) is 7.92 Å². The van der Waals surface area contributed by atoms with Gasteiger partial charge in [0, 0.05) is 0 Å². The quantitative estimate of drug-likeness (QED) is 0.325. The SMILES string of the molecule is CCCCCCCCCP(C(C)C)C(C)C. The minimum atomic E-state index is 0.294. The summed E-state index contributed by atoms with van der Waals surface area (Å²) in [5.41, 5.74) is 1.85. The van der Waals surface area contributed by atoms with Crippen LogP contribution in [0.2, 0.25) is 0 Å². The van der Waals surface area contributed by atoms with Gasteiger partial charge in [0.1, 0.15) is 0 Å². The second-order valence-electron chi connectivity index (χ2n) is 5.55. The van der Waals surface area contributed by atoms with Crippen molar-refractivity contribution in [1.29, 1.82) is 0 Å². The zero-order valence-electron chi connectivity index (χ0n) is 12.3. The van der Waals surface area contributed by atoms with Gasteiger partial charge >= 0.3 is 0 Å². The topological polar surface area (TPSA) is 0 Å². The minimum absolute atomic E-state index is 0.294. The van der Waals surface area contributed by atoms with E-state index in [4.69, 9.17) is 0 Å². The van der Waals surface area contributed by atoms with Crippen molar-refractivity contribution in [1.82, 2.24) is 0 Å². The van der Waals surface area contributed by atoms with E-state index in [1.165, 1.54) is 51.1 Å². The number of unbranched alkanes of at least 4 members (excludes halogenated alkanes) is 6. The highest BCUT2D eigenvalue weighted by atomic mass is 31.1. The number of hydrogen-bond acceptors (Lipinski definition) is 0. The van der Waals surface area contributed by atoms with Crippen LogP contribution in [-0.2, 0) is 0 Å². The first kappa shape index (κ1) is 16.4. The molecule has 1 heteroatoms. The van der Waals surface area contributed by atoms with Crippen molar-refractivity contribution < 1.29 is 0 Å². The van der Waals surface area contributed by atoms with Crippen LogP contribution < -0.4 is 0 Å². The molecule has 0 fully saturated rings. The molecule has 0 saturated heterocycles. The Labute approximate surface area is 105 Å². The van der Waals surface area contributed by atoms with Crippen LogP contribution in [0, 0.1) is 0 Å². The highest BCUT2D eigenvalue weighted by Crippen LogP contribution is 2.46. The van der Waals surface area contributed by atoms with Gasteiger partial charge in [0.2, 0.25) is 0 Å². The highest BCUT2D eigenvalue weighted by molar-refractivity contribution is 7.59. The monoisotopic (exact) mass is 244 g/mol. The van der Waals surface area contributed by atoms with E-state index >= 15 is 0 Å². The van der Waals surface area contributed by atoms with Gasteiger partial charge in [-0.1, -0.05) is 73.1 Å². The summed E-state index contributed by atoms with van der Waals surface area (Å²) in [6.45, 7) is 11.9. The largest absolute Gasteiger partial charge is 0.101 e. The van der Waals surface area contributed by atoms with E-state index in [1.807, 2.05) is 0 Å². The van der Waals surface area contributed by atoms with Crippen LogP contribution in [0.25, 0.3) is 0 Å². The Morgan fingerprint density at radius 2 is 1.12 bits per heavy atom. The Bertz CT molecular complexity index is 132. The predicted octanol–water partition coefficient (Wildman–Crippen LogP) is 6.04. The Morgan fingerprint density at radius 1 is 0.688 bits per heavy atom. The maximum atomic E-state index is 2.41. The van der Waals surface area contributed by atoms with Crippen LogP contribution in [0.4, 0.5) is 0 Å². The number of hydrogen-bond donors (Lipinski definition) is 0. The molecule has 98 valence electrons. The first-order valence-electron chi connectivity index (χ1n) is 7.35. The molecule has 0 N–H and O–H groups in total. The molecule has 0 bridgehead atoms. The van der Waals surface area contributed by atoms with Gasteiger partial charge in [0.25, 0.3) is 0 Å². The normalized spacial score (nSPS) is 12.0. The Hall–Kier alpha value is 0.430. The zero-order chi connectivity index (χ0) is 12.4. The van der Waals surface area contributed by atoms with Crippen molar-refractivity contribution in [3.05, 3.63) is 0 Å². The summed E-state index contributed by atoms with van der Waals surface area (Å²) in [5.74, 6) is 0. The molecule has 0 spiro atoms. The Morgan fingerprint density at radius 3 is 1.56 bits per heavy atom. The summed E-state index contributed by atoms with van der Waals surface area (Å²) in [4.78, 5) is 0. The molecule has 0 rings (SSSR count). The molecule has 0 aliphatic heterocycles. The first-order valence-corrected chi connectivity index (χ1v) is 9.01. The van der Waals surface area contributed by atoms with E-state index in [0.717, 1.165) is 11.3 Å². The Kier molecular flexibility index (Phi) is 10.9. The summed E-state index contributed by atoms with van der Waals surface area (Å²) in [6, 6.07) is 0. The third-order valence-electron chi connectivity index (χ3n) is 3.35. The second-order valence-corrected chi connectivity index (χ2v) is 9.09. The van der Waals surface area contributed by atoms with Gasteiger partial charge in [-0.3, -0.25) is 0 Å². The van der Waals surface area contributed by atoms with Crippen molar-refractivity contribution in [3.8, 4) is 0 Å². The molecule has 0 aromatic rings. The fourth-order valence-corrected chi connectivity index (χ4v) is 5.18. The van der Waals surface area contributed by atoms with Gasteiger partial charge in [0.15, 0.2) is 0 Å². The van der Waals surface area contributed by atoms with E-state index in [9.17, 15) is 0 Å². The van der Waals surface area contributed by atoms with E-state index in [1.54, 1.807) is 0 Å². The summed E-state index contributed by atoms with van der Waals surface area (Å²) in [7, 11) is 0.294. The molecule has 0 nitrogen and oxygen atoms in total. The van der Waals surface area contributed by atoms with E-state index in [2.05, 4.69) is 34.6 Å². The molecule has 0 aliphatic carbocycles. The van der Waals surface area contributed by atoms with Crippen LogP contribution in [0.1, 0.15) is 79.6 Å². The third kappa shape index (κ3) is 8.57. The molecule has 0 amide bonds. The van der Waals surface area contributed by atoms with E-state index in [-0.39, 0.29) is 0 Å². The lowest BCUT2D eigenvalue weighted by Gasteiger charge is -2.25. The molecular weight excluding hydrogens is 211 g/mol. The van der Waals surface area contributed by atoms with Gasteiger partial charge in [-0.25, -0.2) is 0 Å². The van der Waals surface area contributed by atoms with Crippen molar-refractivity contribution in [2.24, 2.45) is 0 Å². The second kappa shape index (κ2) is 10.6. The molecule has 0 unspecified atom stereocenters. The molecule has 0 heterocycles. The minimum Gasteiger partial charge on any atom is -0.101 e. The molecule has 16 heavy (non-hydrogen) atoms. The maximum Gasteiger partial charge on any atom is -0.0264 e. The summed E-state index contributed by atoms with van der Waals surface area (Å²) in [5, 5.41) is 0. The van der Waals surface area contributed by atoms with E-state index < -0.39 is 0 Å². The van der Waals surface area contributed by atoms with Crippen LogP contribution in [-0.4, -0.2) is 17.5 Å². The maximum absolute atomic E-state index is 2.41. The molecule has 0 aromatic heterocycles. The summed E-state index contributed by atoms with van der Waals surface area (Å²) >= 11 is 0. The molecule has 0 aromatic carbocycles. The first-order chi connectivity index (χ1) is 7.59. The van der Waals surface area contributed by atoms with Crippen LogP contribution in [0.15, 0.2) is 0 Å². The lowest BCUT2D eigenvalue weighted by atomic mass is 10.1. The van der Waals surface area contributed by atoms with Gasteiger partial charge in [0.05, 0.1) is 0 Å². The average Bonchev–Trinajstić information content (AvgIpc) is 2.21. The lowest BCUT2D eigenvalue weighted by molar-refractivity contribution is 0.602.